The highest BCUT2D eigenvalue weighted by Gasteiger charge is 2.16. The quantitative estimate of drug-likeness (QED) is 0.480. The normalized spacial score (nSPS) is 11.5. The zero-order valence-corrected chi connectivity index (χ0v) is 7.93. The van der Waals surface area contributed by atoms with Gasteiger partial charge in [0, 0.05) is 5.69 Å². The molecule has 5 nitrogen and oxygen atoms in total. The predicted octanol–water partition coefficient (Wildman–Crippen LogP) is 0.751. The molecule has 7 heteroatoms. The van der Waals surface area contributed by atoms with Gasteiger partial charge in [-0.25, -0.2) is 0 Å². The minimum Gasteiger partial charge on any atom is -0.399 e. The van der Waals surface area contributed by atoms with E-state index in [4.69, 9.17) is 27.6 Å². The Morgan fingerprint density at radius 1 is 1.31 bits per heavy atom. The summed E-state index contributed by atoms with van der Waals surface area (Å²) in [4.78, 5) is -0.480. The van der Waals surface area contributed by atoms with Crippen molar-refractivity contribution in [3.63, 3.8) is 0 Å². The molecule has 0 heterocycles. The SMILES string of the molecule is Nc1cc(N)c(Cl)c(S(=O)(=O)O)c1. The van der Waals surface area contributed by atoms with Crippen LogP contribution in [0.25, 0.3) is 0 Å². The van der Waals surface area contributed by atoms with E-state index in [0.29, 0.717) is 0 Å². The number of nitrogens with two attached hydrogens (primary N) is 2. The summed E-state index contributed by atoms with van der Waals surface area (Å²) in [5, 5.41) is -0.225. The summed E-state index contributed by atoms with van der Waals surface area (Å²) in [6.07, 6.45) is 0. The third-order valence-corrected chi connectivity index (χ3v) is 2.78. The highest BCUT2D eigenvalue weighted by atomic mass is 35.5. The Labute approximate surface area is 80.0 Å². The first-order chi connectivity index (χ1) is 5.82. The average molecular weight is 223 g/mol. The Morgan fingerprint density at radius 3 is 2.31 bits per heavy atom. The lowest BCUT2D eigenvalue weighted by atomic mass is 10.3. The number of nitrogen functional groups attached to an aromatic ring is 2. The second kappa shape index (κ2) is 3.06. The Balaban J connectivity index is 3.56. The van der Waals surface area contributed by atoms with E-state index < -0.39 is 15.0 Å². The molecule has 0 spiro atoms. The molecule has 0 amide bonds. The van der Waals surface area contributed by atoms with Gasteiger partial charge in [-0.15, -0.1) is 0 Å². The molecule has 1 rings (SSSR count). The van der Waals surface area contributed by atoms with Gasteiger partial charge in [-0.1, -0.05) is 11.6 Å². The van der Waals surface area contributed by atoms with E-state index in [1.807, 2.05) is 0 Å². The molecule has 0 saturated carbocycles. The van der Waals surface area contributed by atoms with Crippen molar-refractivity contribution in [3.05, 3.63) is 17.2 Å². The van der Waals surface area contributed by atoms with Crippen LogP contribution in [0.1, 0.15) is 0 Å². The highest BCUT2D eigenvalue weighted by Crippen LogP contribution is 2.29. The van der Waals surface area contributed by atoms with Crippen LogP contribution in [0.3, 0.4) is 0 Å². The van der Waals surface area contributed by atoms with Crippen molar-refractivity contribution in [2.45, 2.75) is 4.90 Å². The van der Waals surface area contributed by atoms with Gasteiger partial charge in [0.2, 0.25) is 0 Å². The number of benzene rings is 1. The molecule has 0 fully saturated rings. The fourth-order valence-corrected chi connectivity index (χ4v) is 1.86. The van der Waals surface area contributed by atoms with E-state index >= 15 is 0 Å². The fraction of sp³-hybridized carbons (Fsp3) is 0. The molecule has 0 bridgehead atoms. The summed E-state index contributed by atoms with van der Waals surface area (Å²) >= 11 is 5.53. The molecule has 0 aliphatic carbocycles. The molecule has 5 N–H and O–H groups in total. The number of halogens is 1. The summed E-state index contributed by atoms with van der Waals surface area (Å²) < 4.78 is 30.1. The van der Waals surface area contributed by atoms with E-state index in [1.165, 1.54) is 6.07 Å². The van der Waals surface area contributed by atoms with Crippen LogP contribution < -0.4 is 11.5 Å². The topological polar surface area (TPSA) is 106 Å². The Hall–Kier alpha value is -0.980. The molecule has 0 aromatic heterocycles. The molecule has 72 valence electrons. The first-order valence-corrected chi connectivity index (χ1v) is 4.96. The molecule has 0 atom stereocenters. The monoisotopic (exact) mass is 222 g/mol. The first kappa shape index (κ1) is 10.1. The third-order valence-electron chi connectivity index (χ3n) is 1.37. The van der Waals surface area contributed by atoms with Gasteiger partial charge in [-0.05, 0) is 12.1 Å². The largest absolute Gasteiger partial charge is 0.399 e. The van der Waals surface area contributed by atoms with Crippen LogP contribution in [0.15, 0.2) is 17.0 Å². The van der Waals surface area contributed by atoms with Crippen LogP contribution in [0.2, 0.25) is 5.02 Å². The van der Waals surface area contributed by atoms with Gasteiger partial charge < -0.3 is 11.5 Å². The lowest BCUT2D eigenvalue weighted by Gasteiger charge is -2.04. The minimum atomic E-state index is -4.37. The van der Waals surface area contributed by atoms with Gasteiger partial charge >= 0.3 is 0 Å². The maximum atomic E-state index is 10.7. The van der Waals surface area contributed by atoms with Gasteiger partial charge in [-0.3, -0.25) is 4.55 Å². The number of anilines is 2. The van der Waals surface area contributed by atoms with Crippen LogP contribution in [0, 0.1) is 0 Å². The summed E-state index contributed by atoms with van der Waals surface area (Å²) in [5.41, 5.74) is 10.8. The molecule has 1 aromatic rings. The smallest absolute Gasteiger partial charge is 0.296 e. The standard InChI is InChI=1S/C6H7ClN2O3S/c7-6-4(9)1-3(8)2-5(6)13(10,11)12/h1-2H,8-9H2,(H,10,11,12). The molecule has 0 aliphatic rings. The summed E-state index contributed by atoms with van der Waals surface area (Å²) in [5.74, 6) is 0. The molecule has 0 unspecified atom stereocenters. The Bertz CT molecular complexity index is 443. The van der Waals surface area contributed by atoms with E-state index in [0.717, 1.165) is 6.07 Å². The van der Waals surface area contributed by atoms with Crippen molar-refractivity contribution in [1.82, 2.24) is 0 Å². The zero-order valence-electron chi connectivity index (χ0n) is 6.36. The average Bonchev–Trinajstić information content (AvgIpc) is 1.94. The van der Waals surface area contributed by atoms with E-state index in [1.54, 1.807) is 0 Å². The van der Waals surface area contributed by atoms with Gasteiger partial charge in [0.05, 0.1) is 10.7 Å². The number of hydrogen-bond acceptors (Lipinski definition) is 4. The van der Waals surface area contributed by atoms with Gasteiger partial charge in [-0.2, -0.15) is 8.42 Å². The summed E-state index contributed by atoms with van der Waals surface area (Å²) in [6, 6.07) is 2.34. The molecule has 0 radical (unpaired) electrons. The highest BCUT2D eigenvalue weighted by molar-refractivity contribution is 7.86. The third kappa shape index (κ3) is 2.03. The van der Waals surface area contributed by atoms with Crippen LogP contribution in [-0.4, -0.2) is 13.0 Å². The van der Waals surface area contributed by atoms with Crippen molar-refractivity contribution in [2.24, 2.45) is 0 Å². The molecule has 1 aromatic carbocycles. The lowest BCUT2D eigenvalue weighted by Crippen LogP contribution is -2.02. The van der Waals surface area contributed by atoms with Crippen LogP contribution >= 0.6 is 11.6 Å². The number of rotatable bonds is 1. The van der Waals surface area contributed by atoms with E-state index in [2.05, 4.69) is 0 Å². The molecule has 0 saturated heterocycles. The van der Waals surface area contributed by atoms with Crippen molar-refractivity contribution in [2.75, 3.05) is 11.5 Å². The minimum absolute atomic E-state index is 0.00860. The first-order valence-electron chi connectivity index (χ1n) is 3.14. The fourth-order valence-electron chi connectivity index (χ4n) is 0.829. The van der Waals surface area contributed by atoms with Crippen molar-refractivity contribution >= 4 is 33.1 Å². The molecule has 13 heavy (non-hydrogen) atoms. The zero-order chi connectivity index (χ0) is 10.2. The van der Waals surface area contributed by atoms with Gasteiger partial charge in [0.15, 0.2) is 0 Å². The van der Waals surface area contributed by atoms with Crippen molar-refractivity contribution in [3.8, 4) is 0 Å². The van der Waals surface area contributed by atoms with E-state index in [9.17, 15) is 8.42 Å². The second-order valence-electron chi connectivity index (χ2n) is 2.40. The predicted molar refractivity (Wildman–Crippen MR) is 50.1 cm³/mol. The Morgan fingerprint density at radius 2 is 1.85 bits per heavy atom. The summed E-state index contributed by atoms with van der Waals surface area (Å²) in [6.45, 7) is 0. The lowest BCUT2D eigenvalue weighted by molar-refractivity contribution is 0.483. The second-order valence-corrected chi connectivity index (χ2v) is 4.17. The van der Waals surface area contributed by atoms with E-state index in [-0.39, 0.29) is 16.4 Å². The van der Waals surface area contributed by atoms with Crippen LogP contribution in [0.5, 0.6) is 0 Å². The maximum absolute atomic E-state index is 10.7. The molecule has 0 aliphatic heterocycles. The summed E-state index contributed by atoms with van der Waals surface area (Å²) in [7, 11) is -4.37. The maximum Gasteiger partial charge on any atom is 0.296 e. The van der Waals surface area contributed by atoms with Crippen LogP contribution in [-0.2, 0) is 10.1 Å². The van der Waals surface area contributed by atoms with Crippen LogP contribution in [0.4, 0.5) is 11.4 Å². The van der Waals surface area contributed by atoms with Gasteiger partial charge in [0.25, 0.3) is 10.1 Å². The van der Waals surface area contributed by atoms with Crippen molar-refractivity contribution < 1.29 is 13.0 Å². The van der Waals surface area contributed by atoms with Gasteiger partial charge in [0.1, 0.15) is 4.90 Å². The molecular weight excluding hydrogens is 216 g/mol. The Kier molecular flexibility index (Phi) is 2.38. The number of hydrogen-bond donors (Lipinski definition) is 3. The molecular formula is C6H7ClN2O3S. The van der Waals surface area contributed by atoms with Crippen molar-refractivity contribution in [1.29, 1.82) is 0 Å².